The number of benzene rings is 1. The van der Waals surface area contributed by atoms with Crippen LogP contribution in [0.4, 0.5) is 0 Å². The SMILES string of the molecule is CNC[C@@H]1Cc2ccccc2O1. The summed E-state index contributed by atoms with van der Waals surface area (Å²) in [4.78, 5) is 0. The van der Waals surface area contributed by atoms with E-state index < -0.39 is 0 Å². The maximum atomic E-state index is 5.68. The third-order valence-electron chi connectivity index (χ3n) is 2.15. The minimum absolute atomic E-state index is 0.326. The van der Waals surface area contributed by atoms with Gasteiger partial charge in [0.2, 0.25) is 0 Å². The molecule has 2 nitrogen and oxygen atoms in total. The molecule has 12 heavy (non-hydrogen) atoms. The predicted octanol–water partition coefficient (Wildman–Crippen LogP) is 1.21. The first-order valence-corrected chi connectivity index (χ1v) is 4.29. The average Bonchev–Trinajstić information content (AvgIpc) is 2.47. The van der Waals surface area contributed by atoms with E-state index in [-0.39, 0.29) is 0 Å². The molecule has 0 bridgehead atoms. The molecule has 1 atom stereocenters. The average molecular weight is 163 g/mol. The Labute approximate surface area is 72.5 Å². The summed E-state index contributed by atoms with van der Waals surface area (Å²) in [7, 11) is 1.95. The number of fused-ring (bicyclic) bond motifs is 1. The normalized spacial score (nSPS) is 20.2. The standard InChI is InChI=1S/C10H13NO/c1-11-7-9-6-8-4-2-3-5-10(8)12-9/h2-5,9,11H,6-7H2,1H3/t9-/m0/s1. The van der Waals surface area contributed by atoms with E-state index >= 15 is 0 Å². The summed E-state index contributed by atoms with van der Waals surface area (Å²) < 4.78 is 5.68. The molecule has 1 aliphatic rings. The van der Waals surface area contributed by atoms with Gasteiger partial charge >= 0.3 is 0 Å². The van der Waals surface area contributed by atoms with E-state index in [1.807, 2.05) is 19.2 Å². The van der Waals surface area contributed by atoms with Crippen molar-refractivity contribution in [2.75, 3.05) is 13.6 Å². The van der Waals surface area contributed by atoms with Crippen molar-refractivity contribution < 1.29 is 4.74 Å². The lowest BCUT2D eigenvalue weighted by atomic mass is 10.1. The second kappa shape index (κ2) is 3.15. The Balaban J connectivity index is 2.11. The second-order valence-corrected chi connectivity index (χ2v) is 3.11. The van der Waals surface area contributed by atoms with Crippen LogP contribution in [0.1, 0.15) is 5.56 Å². The molecule has 0 saturated carbocycles. The Morgan fingerprint density at radius 2 is 2.33 bits per heavy atom. The number of hydrogen-bond acceptors (Lipinski definition) is 2. The molecule has 0 aliphatic carbocycles. The fourth-order valence-electron chi connectivity index (χ4n) is 1.60. The van der Waals surface area contributed by atoms with Crippen LogP contribution in [0.25, 0.3) is 0 Å². The van der Waals surface area contributed by atoms with Gasteiger partial charge in [0.15, 0.2) is 0 Å². The third kappa shape index (κ3) is 1.30. The first-order chi connectivity index (χ1) is 5.90. The quantitative estimate of drug-likeness (QED) is 0.707. The summed E-state index contributed by atoms with van der Waals surface area (Å²) in [6.07, 6.45) is 1.36. The maximum Gasteiger partial charge on any atom is 0.123 e. The minimum atomic E-state index is 0.326. The molecule has 0 fully saturated rings. The van der Waals surface area contributed by atoms with Gasteiger partial charge in [0.1, 0.15) is 11.9 Å². The van der Waals surface area contributed by atoms with Gasteiger partial charge in [-0.3, -0.25) is 0 Å². The summed E-state index contributed by atoms with van der Waals surface area (Å²) in [6.45, 7) is 0.925. The van der Waals surface area contributed by atoms with Gasteiger partial charge in [0, 0.05) is 13.0 Å². The molecule has 0 amide bonds. The third-order valence-corrected chi connectivity index (χ3v) is 2.15. The fourth-order valence-corrected chi connectivity index (χ4v) is 1.60. The molecule has 2 heteroatoms. The molecular weight excluding hydrogens is 150 g/mol. The molecule has 64 valence electrons. The van der Waals surface area contributed by atoms with Gasteiger partial charge in [-0.05, 0) is 18.7 Å². The van der Waals surface area contributed by atoms with Crippen LogP contribution in [-0.4, -0.2) is 19.7 Å². The summed E-state index contributed by atoms with van der Waals surface area (Å²) in [5.41, 5.74) is 1.33. The lowest BCUT2D eigenvalue weighted by Crippen LogP contribution is -2.27. The Bertz CT molecular complexity index is 247. The molecule has 2 rings (SSSR count). The second-order valence-electron chi connectivity index (χ2n) is 3.11. The zero-order valence-corrected chi connectivity index (χ0v) is 7.21. The van der Waals surface area contributed by atoms with Crippen LogP contribution < -0.4 is 10.1 Å². The van der Waals surface area contributed by atoms with E-state index in [2.05, 4.69) is 17.4 Å². The van der Waals surface area contributed by atoms with Crippen molar-refractivity contribution in [2.45, 2.75) is 12.5 Å². The molecule has 0 radical (unpaired) electrons. The Morgan fingerprint density at radius 1 is 1.50 bits per heavy atom. The van der Waals surface area contributed by atoms with Gasteiger partial charge in [-0.2, -0.15) is 0 Å². The van der Waals surface area contributed by atoms with Crippen molar-refractivity contribution in [3.05, 3.63) is 29.8 Å². The molecule has 0 unspecified atom stereocenters. The molecule has 1 aromatic rings. The van der Waals surface area contributed by atoms with Crippen molar-refractivity contribution in [3.63, 3.8) is 0 Å². The van der Waals surface area contributed by atoms with E-state index in [9.17, 15) is 0 Å². The van der Waals surface area contributed by atoms with Crippen LogP contribution in [0.5, 0.6) is 5.75 Å². The highest BCUT2D eigenvalue weighted by Gasteiger charge is 2.20. The van der Waals surface area contributed by atoms with E-state index in [0.29, 0.717) is 6.10 Å². The van der Waals surface area contributed by atoms with Gasteiger partial charge in [0.05, 0.1) is 0 Å². The number of para-hydroxylation sites is 1. The smallest absolute Gasteiger partial charge is 0.123 e. The first kappa shape index (κ1) is 7.62. The lowest BCUT2D eigenvalue weighted by Gasteiger charge is -2.08. The summed E-state index contributed by atoms with van der Waals surface area (Å²) in [6, 6.07) is 8.24. The maximum absolute atomic E-state index is 5.68. The Morgan fingerprint density at radius 3 is 3.08 bits per heavy atom. The van der Waals surface area contributed by atoms with E-state index in [0.717, 1.165) is 18.7 Å². The lowest BCUT2D eigenvalue weighted by molar-refractivity contribution is 0.231. The highest BCUT2D eigenvalue weighted by atomic mass is 16.5. The molecule has 1 heterocycles. The van der Waals surface area contributed by atoms with Crippen LogP contribution >= 0.6 is 0 Å². The van der Waals surface area contributed by atoms with Crippen molar-refractivity contribution in [1.29, 1.82) is 0 Å². The van der Waals surface area contributed by atoms with Gasteiger partial charge in [-0.25, -0.2) is 0 Å². The number of ether oxygens (including phenoxy) is 1. The first-order valence-electron chi connectivity index (χ1n) is 4.29. The number of nitrogens with one attached hydrogen (secondary N) is 1. The van der Waals surface area contributed by atoms with Crippen LogP contribution in [0.2, 0.25) is 0 Å². The zero-order chi connectivity index (χ0) is 8.39. The van der Waals surface area contributed by atoms with Gasteiger partial charge in [-0.1, -0.05) is 18.2 Å². The molecule has 1 N–H and O–H groups in total. The summed E-state index contributed by atoms with van der Waals surface area (Å²) in [5.74, 6) is 1.05. The number of rotatable bonds is 2. The van der Waals surface area contributed by atoms with Crippen molar-refractivity contribution in [2.24, 2.45) is 0 Å². The zero-order valence-electron chi connectivity index (χ0n) is 7.21. The summed E-state index contributed by atoms with van der Waals surface area (Å²) in [5, 5.41) is 3.12. The van der Waals surface area contributed by atoms with E-state index in [1.54, 1.807) is 0 Å². The van der Waals surface area contributed by atoms with Crippen LogP contribution in [0, 0.1) is 0 Å². The molecule has 0 saturated heterocycles. The van der Waals surface area contributed by atoms with Crippen molar-refractivity contribution in [3.8, 4) is 5.75 Å². The predicted molar refractivity (Wildman–Crippen MR) is 48.5 cm³/mol. The molecular formula is C10H13NO. The minimum Gasteiger partial charge on any atom is -0.488 e. The van der Waals surface area contributed by atoms with Crippen LogP contribution in [0.3, 0.4) is 0 Å². The number of likely N-dealkylation sites (N-methyl/N-ethyl adjacent to an activating group) is 1. The highest BCUT2D eigenvalue weighted by molar-refractivity contribution is 5.37. The van der Waals surface area contributed by atoms with Gasteiger partial charge in [-0.15, -0.1) is 0 Å². The van der Waals surface area contributed by atoms with Crippen LogP contribution in [-0.2, 0) is 6.42 Å². The molecule has 1 aliphatic heterocycles. The van der Waals surface area contributed by atoms with Gasteiger partial charge < -0.3 is 10.1 Å². The van der Waals surface area contributed by atoms with Crippen LogP contribution in [0.15, 0.2) is 24.3 Å². The monoisotopic (exact) mass is 163 g/mol. The summed E-state index contributed by atoms with van der Waals surface area (Å²) >= 11 is 0. The molecule has 0 spiro atoms. The molecule has 1 aromatic carbocycles. The Hall–Kier alpha value is -1.02. The number of hydrogen-bond donors (Lipinski definition) is 1. The van der Waals surface area contributed by atoms with Gasteiger partial charge in [0.25, 0.3) is 0 Å². The largest absolute Gasteiger partial charge is 0.488 e. The topological polar surface area (TPSA) is 21.3 Å². The van der Waals surface area contributed by atoms with E-state index in [4.69, 9.17) is 4.74 Å². The van der Waals surface area contributed by atoms with Crippen molar-refractivity contribution >= 4 is 0 Å². The highest BCUT2D eigenvalue weighted by Crippen LogP contribution is 2.27. The van der Waals surface area contributed by atoms with Crippen molar-refractivity contribution in [1.82, 2.24) is 5.32 Å². The molecule has 0 aromatic heterocycles. The van der Waals surface area contributed by atoms with E-state index in [1.165, 1.54) is 5.56 Å². The Kier molecular flexibility index (Phi) is 2.00. The fraction of sp³-hybridized carbons (Fsp3) is 0.400.